The van der Waals surface area contributed by atoms with Crippen molar-refractivity contribution in [1.82, 2.24) is 4.31 Å². The molecule has 1 amide bonds. The van der Waals surface area contributed by atoms with Gasteiger partial charge in [0, 0.05) is 0 Å². The maximum Gasteiger partial charge on any atom is 0.362 e. The van der Waals surface area contributed by atoms with Crippen molar-refractivity contribution in [3.05, 3.63) is 42.0 Å². The zero-order valence-electron chi connectivity index (χ0n) is 9.30. The minimum absolute atomic E-state index is 0.372. The summed E-state index contributed by atoms with van der Waals surface area (Å²) < 4.78 is 31.2. The smallest absolute Gasteiger partial charge is 0.318 e. The molecular formula is C11H12N2O4S. The predicted octanol–water partition coefficient (Wildman–Crippen LogP) is 0.0407. The van der Waals surface area contributed by atoms with E-state index < -0.39 is 28.3 Å². The van der Waals surface area contributed by atoms with Crippen molar-refractivity contribution in [3.8, 4) is 0 Å². The third kappa shape index (κ3) is 2.28. The molecule has 3 N–H and O–H groups in total. The molecule has 0 bridgehead atoms. The fraction of sp³-hybridized carbons (Fsp3) is 0.182. The Kier molecular flexibility index (Phi) is 3.20. The molecule has 7 heteroatoms. The van der Waals surface area contributed by atoms with Gasteiger partial charge in [-0.1, -0.05) is 42.5 Å². The van der Waals surface area contributed by atoms with Gasteiger partial charge in [-0.15, -0.1) is 0 Å². The van der Waals surface area contributed by atoms with E-state index in [1.807, 2.05) is 30.3 Å². The van der Waals surface area contributed by atoms with Crippen molar-refractivity contribution in [3.63, 3.8) is 0 Å². The highest BCUT2D eigenvalue weighted by Crippen LogP contribution is 2.23. The molecule has 2 atom stereocenters. The van der Waals surface area contributed by atoms with Crippen LogP contribution in [0.1, 0.15) is 5.56 Å². The van der Waals surface area contributed by atoms with E-state index in [0.29, 0.717) is 4.31 Å². The summed E-state index contributed by atoms with van der Waals surface area (Å²) in [6.07, 6.45) is 3.13. The molecule has 6 nitrogen and oxygen atoms in total. The Balaban J connectivity index is 2.19. The van der Waals surface area contributed by atoms with Gasteiger partial charge in [-0.25, -0.2) is 4.31 Å². The van der Waals surface area contributed by atoms with Crippen LogP contribution in [-0.2, 0) is 15.1 Å². The van der Waals surface area contributed by atoms with Crippen molar-refractivity contribution < 1.29 is 17.8 Å². The maximum absolute atomic E-state index is 11.3. The van der Waals surface area contributed by atoms with E-state index in [-0.39, 0.29) is 0 Å². The van der Waals surface area contributed by atoms with Gasteiger partial charge in [0.15, 0.2) is 0 Å². The molecule has 0 aliphatic carbocycles. The van der Waals surface area contributed by atoms with Crippen LogP contribution < -0.4 is 5.73 Å². The number of carbonyl (C=O) groups excluding carboxylic acids is 1. The van der Waals surface area contributed by atoms with Gasteiger partial charge < -0.3 is 5.73 Å². The minimum Gasteiger partial charge on any atom is -0.318 e. The summed E-state index contributed by atoms with van der Waals surface area (Å²) in [4.78, 5) is 11.3. The predicted molar refractivity (Wildman–Crippen MR) is 65.6 cm³/mol. The molecule has 0 saturated carbocycles. The Labute approximate surface area is 105 Å². The molecular weight excluding hydrogens is 256 g/mol. The Morgan fingerprint density at radius 2 is 1.89 bits per heavy atom. The van der Waals surface area contributed by atoms with Crippen molar-refractivity contribution >= 4 is 22.3 Å². The summed E-state index contributed by atoms with van der Waals surface area (Å²) in [7, 11) is -4.55. The molecule has 1 aromatic carbocycles. The monoisotopic (exact) mass is 268 g/mol. The van der Waals surface area contributed by atoms with Crippen LogP contribution in [0.2, 0.25) is 0 Å². The number of rotatable bonds is 3. The lowest BCUT2D eigenvalue weighted by molar-refractivity contribution is -0.138. The van der Waals surface area contributed by atoms with Crippen LogP contribution in [0.25, 0.3) is 6.08 Å². The van der Waals surface area contributed by atoms with Gasteiger partial charge in [-0.2, -0.15) is 8.42 Å². The van der Waals surface area contributed by atoms with E-state index >= 15 is 0 Å². The molecule has 2 unspecified atom stereocenters. The van der Waals surface area contributed by atoms with Crippen LogP contribution in [0, 0.1) is 0 Å². The number of β-lactam (4-membered cyclic amide) rings is 1. The van der Waals surface area contributed by atoms with Gasteiger partial charge in [0.25, 0.3) is 5.91 Å². The Bertz CT molecular complexity index is 582. The third-order valence-electron chi connectivity index (χ3n) is 2.68. The highest BCUT2D eigenvalue weighted by Gasteiger charge is 2.49. The lowest BCUT2D eigenvalue weighted by atomic mass is 9.99. The molecule has 1 aliphatic rings. The molecule has 1 saturated heterocycles. The third-order valence-corrected chi connectivity index (χ3v) is 3.60. The molecule has 0 aromatic heterocycles. The zero-order chi connectivity index (χ0) is 13.3. The summed E-state index contributed by atoms with van der Waals surface area (Å²) >= 11 is 0. The number of nitrogens with two attached hydrogens (primary N) is 1. The van der Waals surface area contributed by atoms with Crippen LogP contribution >= 0.6 is 0 Å². The quantitative estimate of drug-likeness (QED) is 0.595. The minimum atomic E-state index is -4.55. The van der Waals surface area contributed by atoms with Crippen molar-refractivity contribution in [2.45, 2.75) is 12.1 Å². The van der Waals surface area contributed by atoms with E-state index in [1.165, 1.54) is 6.08 Å². The van der Waals surface area contributed by atoms with E-state index in [4.69, 9.17) is 10.3 Å². The second-order valence-electron chi connectivity index (χ2n) is 3.90. The molecule has 1 aliphatic heterocycles. The number of carbonyl (C=O) groups is 1. The van der Waals surface area contributed by atoms with Gasteiger partial charge in [-0.05, 0) is 5.56 Å². The SMILES string of the molecule is NC1C(=O)N(S(=O)(=O)O)C1/C=C\c1ccccc1. The average Bonchev–Trinajstić information content (AvgIpc) is 2.33. The summed E-state index contributed by atoms with van der Waals surface area (Å²) in [6.45, 7) is 0. The summed E-state index contributed by atoms with van der Waals surface area (Å²) in [5.74, 6) is -0.805. The van der Waals surface area contributed by atoms with Crippen LogP contribution in [-0.4, -0.2) is 35.3 Å². The number of hydrogen-bond donors (Lipinski definition) is 2. The Hall–Kier alpha value is -1.70. The molecule has 96 valence electrons. The molecule has 2 rings (SSSR count). The lowest BCUT2D eigenvalue weighted by Crippen LogP contribution is -2.69. The van der Waals surface area contributed by atoms with E-state index in [9.17, 15) is 13.2 Å². The van der Waals surface area contributed by atoms with Gasteiger partial charge in [-0.3, -0.25) is 9.35 Å². The number of benzene rings is 1. The van der Waals surface area contributed by atoms with Gasteiger partial charge >= 0.3 is 10.3 Å². The summed E-state index contributed by atoms with van der Waals surface area (Å²) in [5.41, 5.74) is 6.35. The molecule has 0 spiro atoms. The summed E-state index contributed by atoms with van der Waals surface area (Å²) in [6, 6.07) is 7.36. The topological polar surface area (TPSA) is 101 Å². The lowest BCUT2D eigenvalue weighted by Gasteiger charge is -2.40. The average molecular weight is 268 g/mol. The fourth-order valence-corrected chi connectivity index (χ4v) is 2.60. The van der Waals surface area contributed by atoms with E-state index in [2.05, 4.69) is 0 Å². The molecule has 1 fully saturated rings. The van der Waals surface area contributed by atoms with Gasteiger partial charge in [0.2, 0.25) is 0 Å². The number of hydrogen-bond acceptors (Lipinski definition) is 4. The van der Waals surface area contributed by atoms with Crippen molar-refractivity contribution in [1.29, 1.82) is 0 Å². The van der Waals surface area contributed by atoms with Crippen molar-refractivity contribution in [2.24, 2.45) is 5.73 Å². The largest absolute Gasteiger partial charge is 0.362 e. The second-order valence-corrected chi connectivity index (χ2v) is 5.19. The van der Waals surface area contributed by atoms with Gasteiger partial charge in [0.1, 0.15) is 6.04 Å². The first kappa shape index (κ1) is 12.7. The molecule has 18 heavy (non-hydrogen) atoms. The molecule has 0 radical (unpaired) electrons. The highest BCUT2D eigenvalue weighted by molar-refractivity contribution is 7.84. The number of nitrogens with zero attached hydrogens (tertiary/aromatic N) is 1. The number of amides is 1. The Morgan fingerprint density at radius 1 is 1.28 bits per heavy atom. The van der Waals surface area contributed by atoms with E-state index in [1.54, 1.807) is 6.08 Å². The molecule has 1 heterocycles. The van der Waals surface area contributed by atoms with Crippen LogP contribution in [0.15, 0.2) is 36.4 Å². The second kappa shape index (κ2) is 4.52. The van der Waals surface area contributed by atoms with Crippen molar-refractivity contribution in [2.75, 3.05) is 0 Å². The Morgan fingerprint density at radius 3 is 2.44 bits per heavy atom. The van der Waals surface area contributed by atoms with E-state index in [0.717, 1.165) is 5.56 Å². The molecule has 1 aromatic rings. The highest BCUT2D eigenvalue weighted by atomic mass is 32.2. The fourth-order valence-electron chi connectivity index (χ4n) is 1.74. The normalized spacial score (nSPS) is 24.3. The standard InChI is InChI=1S/C11H12N2O4S/c12-10-9(13(11(10)14)18(15,16)17)7-6-8-4-2-1-3-5-8/h1-7,9-10H,12H2,(H,15,16,17)/b7-6-. The van der Waals surface area contributed by atoms with Gasteiger partial charge in [0.05, 0.1) is 6.04 Å². The van der Waals surface area contributed by atoms with Crippen LogP contribution in [0.5, 0.6) is 0 Å². The summed E-state index contributed by atoms with van der Waals surface area (Å²) in [5, 5.41) is 0. The zero-order valence-corrected chi connectivity index (χ0v) is 10.1. The first-order valence-electron chi connectivity index (χ1n) is 5.21. The first-order chi connectivity index (χ1) is 8.41. The van der Waals surface area contributed by atoms with Crippen LogP contribution in [0.3, 0.4) is 0 Å². The van der Waals surface area contributed by atoms with Crippen LogP contribution in [0.4, 0.5) is 0 Å². The first-order valence-corrected chi connectivity index (χ1v) is 6.60. The maximum atomic E-state index is 11.3.